The summed E-state index contributed by atoms with van der Waals surface area (Å²) >= 11 is 1.62. The molecule has 3 N–H and O–H groups in total. The van der Waals surface area contributed by atoms with Crippen LogP contribution in [-0.4, -0.2) is 38.8 Å². The molecule has 8 heteroatoms. The second kappa shape index (κ2) is 7.03. The van der Waals surface area contributed by atoms with E-state index in [1.54, 1.807) is 11.3 Å². The summed E-state index contributed by atoms with van der Waals surface area (Å²) in [7, 11) is -3.38. The molecule has 0 fully saturated rings. The minimum absolute atomic E-state index is 0.0469. The molecule has 18 heavy (non-hydrogen) atoms. The van der Waals surface area contributed by atoms with Crippen LogP contribution in [0, 0.1) is 0 Å². The average molecular weight is 292 g/mol. The van der Waals surface area contributed by atoms with Gasteiger partial charge in [-0.25, -0.2) is 18.5 Å². The Morgan fingerprint density at radius 1 is 1.44 bits per heavy atom. The molecule has 1 rings (SSSR count). The second-order valence-corrected chi connectivity index (χ2v) is 6.65. The summed E-state index contributed by atoms with van der Waals surface area (Å²) in [6, 6.07) is 0. The standard InChI is InChI=1S/C10H20N4O2S2/c1-3-14(4-2)10-13-8-9(17-10)7-12-5-6-18(11,15)16/h8,12H,3-7H2,1-2H3,(H2,11,15,16). The maximum atomic E-state index is 10.7. The number of aromatic nitrogens is 1. The van der Waals surface area contributed by atoms with Gasteiger partial charge in [0, 0.05) is 37.3 Å². The van der Waals surface area contributed by atoms with Crippen LogP contribution in [0.4, 0.5) is 5.13 Å². The van der Waals surface area contributed by atoms with E-state index in [0.717, 1.165) is 23.1 Å². The summed E-state index contributed by atoms with van der Waals surface area (Å²) in [5.74, 6) is -0.0469. The van der Waals surface area contributed by atoms with Gasteiger partial charge in [-0.3, -0.25) is 0 Å². The van der Waals surface area contributed by atoms with Gasteiger partial charge in [0.05, 0.1) is 5.75 Å². The summed E-state index contributed by atoms with van der Waals surface area (Å²) < 4.78 is 21.5. The molecule has 1 aromatic rings. The molecule has 1 heterocycles. The van der Waals surface area contributed by atoms with Gasteiger partial charge in [-0.05, 0) is 13.8 Å². The van der Waals surface area contributed by atoms with E-state index in [2.05, 4.69) is 29.0 Å². The Bertz CT molecular complexity index is 454. The molecule has 6 nitrogen and oxygen atoms in total. The third-order valence-corrected chi connectivity index (χ3v) is 4.27. The van der Waals surface area contributed by atoms with Crippen molar-refractivity contribution in [3.8, 4) is 0 Å². The number of rotatable bonds is 8. The fourth-order valence-corrected chi connectivity index (χ4v) is 2.88. The Hall–Kier alpha value is -0.700. The quantitative estimate of drug-likeness (QED) is 0.676. The SMILES string of the molecule is CCN(CC)c1ncc(CNCCS(N)(=O)=O)s1. The van der Waals surface area contributed by atoms with Crippen LogP contribution in [0.5, 0.6) is 0 Å². The van der Waals surface area contributed by atoms with Crippen molar-refractivity contribution in [3.05, 3.63) is 11.1 Å². The van der Waals surface area contributed by atoms with Crippen LogP contribution in [-0.2, 0) is 16.6 Å². The van der Waals surface area contributed by atoms with Gasteiger partial charge >= 0.3 is 0 Å². The third-order valence-electron chi connectivity index (χ3n) is 2.44. The lowest BCUT2D eigenvalue weighted by Gasteiger charge is -2.16. The molecule has 0 amide bonds. The summed E-state index contributed by atoms with van der Waals surface area (Å²) in [5.41, 5.74) is 0. The van der Waals surface area contributed by atoms with E-state index in [-0.39, 0.29) is 5.75 Å². The lowest BCUT2D eigenvalue weighted by molar-refractivity contribution is 0.592. The monoisotopic (exact) mass is 292 g/mol. The first-order valence-electron chi connectivity index (χ1n) is 5.87. The van der Waals surface area contributed by atoms with Crippen LogP contribution in [0.3, 0.4) is 0 Å². The van der Waals surface area contributed by atoms with Gasteiger partial charge in [0.2, 0.25) is 10.0 Å². The largest absolute Gasteiger partial charge is 0.349 e. The van der Waals surface area contributed by atoms with Gasteiger partial charge in [-0.2, -0.15) is 0 Å². The van der Waals surface area contributed by atoms with Crippen LogP contribution in [0.15, 0.2) is 6.20 Å². The number of nitrogens with zero attached hydrogens (tertiary/aromatic N) is 2. The molecule has 104 valence electrons. The van der Waals surface area contributed by atoms with Gasteiger partial charge < -0.3 is 10.2 Å². The lowest BCUT2D eigenvalue weighted by Crippen LogP contribution is -2.26. The van der Waals surface area contributed by atoms with E-state index in [1.165, 1.54) is 0 Å². The molecule has 0 aliphatic rings. The van der Waals surface area contributed by atoms with E-state index < -0.39 is 10.0 Å². The van der Waals surface area contributed by atoms with Crippen molar-refractivity contribution in [1.82, 2.24) is 10.3 Å². The molecule has 0 radical (unpaired) electrons. The van der Waals surface area contributed by atoms with Crippen LogP contribution in [0.1, 0.15) is 18.7 Å². The number of anilines is 1. The molecule has 1 aromatic heterocycles. The van der Waals surface area contributed by atoms with E-state index in [0.29, 0.717) is 13.1 Å². The number of hydrogen-bond acceptors (Lipinski definition) is 6. The fraction of sp³-hybridized carbons (Fsp3) is 0.700. The van der Waals surface area contributed by atoms with Crippen molar-refractivity contribution in [2.24, 2.45) is 5.14 Å². The second-order valence-electron chi connectivity index (χ2n) is 3.83. The number of nitrogens with one attached hydrogen (secondary N) is 1. The fourth-order valence-electron chi connectivity index (χ4n) is 1.45. The Kier molecular flexibility index (Phi) is 6.00. The van der Waals surface area contributed by atoms with Crippen molar-refractivity contribution < 1.29 is 8.42 Å². The zero-order valence-electron chi connectivity index (χ0n) is 10.7. The summed E-state index contributed by atoms with van der Waals surface area (Å²) in [4.78, 5) is 7.62. The van der Waals surface area contributed by atoms with Gasteiger partial charge in [0.15, 0.2) is 5.13 Å². The van der Waals surface area contributed by atoms with Crippen molar-refractivity contribution in [2.45, 2.75) is 20.4 Å². The molecule has 0 aliphatic carbocycles. The molecule has 0 saturated carbocycles. The minimum atomic E-state index is -3.38. The van der Waals surface area contributed by atoms with Gasteiger partial charge in [0.25, 0.3) is 0 Å². The number of sulfonamides is 1. The zero-order chi connectivity index (χ0) is 13.6. The minimum Gasteiger partial charge on any atom is -0.349 e. The first kappa shape index (κ1) is 15.4. The van der Waals surface area contributed by atoms with Crippen LogP contribution in [0.2, 0.25) is 0 Å². The zero-order valence-corrected chi connectivity index (χ0v) is 12.4. The van der Waals surface area contributed by atoms with Gasteiger partial charge in [0.1, 0.15) is 0 Å². The first-order chi connectivity index (χ1) is 8.46. The van der Waals surface area contributed by atoms with Crippen LogP contribution < -0.4 is 15.4 Å². The van der Waals surface area contributed by atoms with E-state index in [1.807, 2.05) is 6.20 Å². The molecular formula is C10H20N4O2S2. The van der Waals surface area contributed by atoms with Crippen LogP contribution >= 0.6 is 11.3 Å². The van der Waals surface area contributed by atoms with Crippen molar-refractivity contribution in [1.29, 1.82) is 0 Å². The van der Waals surface area contributed by atoms with E-state index >= 15 is 0 Å². The predicted molar refractivity (Wildman–Crippen MR) is 75.4 cm³/mol. The molecule has 0 aromatic carbocycles. The Morgan fingerprint density at radius 3 is 2.67 bits per heavy atom. The molecule has 0 atom stereocenters. The first-order valence-corrected chi connectivity index (χ1v) is 8.40. The van der Waals surface area contributed by atoms with E-state index in [4.69, 9.17) is 5.14 Å². The highest BCUT2D eigenvalue weighted by Crippen LogP contribution is 2.21. The molecule has 0 unspecified atom stereocenters. The average Bonchev–Trinajstić information content (AvgIpc) is 2.74. The Balaban J connectivity index is 2.40. The molecule has 0 saturated heterocycles. The summed E-state index contributed by atoms with van der Waals surface area (Å²) in [5, 5.41) is 8.95. The number of primary sulfonamides is 1. The van der Waals surface area contributed by atoms with Gasteiger partial charge in [-0.15, -0.1) is 11.3 Å². The summed E-state index contributed by atoms with van der Waals surface area (Å²) in [6.07, 6.45) is 1.82. The van der Waals surface area contributed by atoms with Crippen LogP contribution in [0.25, 0.3) is 0 Å². The third kappa shape index (κ3) is 5.30. The molecule has 0 bridgehead atoms. The molecular weight excluding hydrogens is 272 g/mol. The maximum Gasteiger partial charge on any atom is 0.210 e. The van der Waals surface area contributed by atoms with Crippen molar-refractivity contribution >= 4 is 26.5 Å². The lowest BCUT2D eigenvalue weighted by atomic mass is 10.5. The molecule has 0 spiro atoms. The van der Waals surface area contributed by atoms with E-state index in [9.17, 15) is 8.42 Å². The predicted octanol–water partition coefficient (Wildman–Crippen LogP) is 0.367. The summed E-state index contributed by atoms with van der Waals surface area (Å²) in [6.45, 7) is 7.03. The van der Waals surface area contributed by atoms with Gasteiger partial charge in [-0.1, -0.05) is 0 Å². The maximum absolute atomic E-state index is 10.7. The van der Waals surface area contributed by atoms with Crippen molar-refractivity contribution in [2.75, 3.05) is 30.3 Å². The smallest absolute Gasteiger partial charge is 0.210 e. The molecule has 0 aliphatic heterocycles. The number of hydrogen-bond donors (Lipinski definition) is 2. The highest BCUT2D eigenvalue weighted by molar-refractivity contribution is 7.89. The highest BCUT2D eigenvalue weighted by atomic mass is 32.2. The Labute approximate surface area is 112 Å². The highest BCUT2D eigenvalue weighted by Gasteiger charge is 2.07. The number of nitrogens with two attached hydrogens (primary N) is 1. The normalized spacial score (nSPS) is 11.7. The number of thiazole rings is 1. The van der Waals surface area contributed by atoms with Crippen molar-refractivity contribution in [3.63, 3.8) is 0 Å². The topological polar surface area (TPSA) is 88.3 Å². The Morgan fingerprint density at radius 2 is 2.11 bits per heavy atom.